The second-order valence-electron chi connectivity index (χ2n) is 4.88. The van der Waals surface area contributed by atoms with E-state index in [1.807, 2.05) is 0 Å². The van der Waals surface area contributed by atoms with Gasteiger partial charge in [-0.05, 0) is 12.1 Å². The zero-order chi connectivity index (χ0) is 18.2. The number of anilines is 1. The first-order chi connectivity index (χ1) is 11.8. The summed E-state index contributed by atoms with van der Waals surface area (Å²) in [7, 11) is 0. The Morgan fingerprint density at radius 3 is 2.40 bits per heavy atom. The first kappa shape index (κ1) is 16.8. The predicted molar refractivity (Wildman–Crippen MR) is 75.8 cm³/mol. The lowest BCUT2D eigenvalue weighted by atomic mass is 10.1. The lowest BCUT2D eigenvalue weighted by molar-refractivity contribution is -0.140. The van der Waals surface area contributed by atoms with Crippen molar-refractivity contribution in [2.24, 2.45) is 0 Å². The number of rotatable bonds is 4. The highest BCUT2D eigenvalue weighted by molar-refractivity contribution is 5.75. The summed E-state index contributed by atoms with van der Waals surface area (Å²) < 4.78 is 66.4. The van der Waals surface area contributed by atoms with Crippen LogP contribution < -0.4 is 5.73 Å². The Hall–Kier alpha value is -3.05. The Balaban J connectivity index is 2.15. The van der Waals surface area contributed by atoms with Gasteiger partial charge in [0, 0.05) is 18.6 Å². The van der Waals surface area contributed by atoms with E-state index >= 15 is 0 Å². The molecule has 0 bridgehead atoms. The van der Waals surface area contributed by atoms with Crippen molar-refractivity contribution >= 4 is 5.82 Å². The number of hydrogen-bond acceptors (Lipinski definition) is 5. The van der Waals surface area contributed by atoms with Crippen LogP contribution in [0.25, 0.3) is 17.2 Å². The lowest BCUT2D eigenvalue weighted by Gasteiger charge is -2.04. The summed E-state index contributed by atoms with van der Waals surface area (Å²) in [6.07, 6.45) is -3.78. The maximum Gasteiger partial charge on any atom is 0.435 e. The summed E-state index contributed by atoms with van der Waals surface area (Å²) in [6.45, 7) is -0.753. The van der Waals surface area contributed by atoms with E-state index in [9.17, 15) is 22.0 Å². The maximum absolute atomic E-state index is 13.3. The molecular weight excluding hydrogens is 349 g/mol. The summed E-state index contributed by atoms with van der Waals surface area (Å²) >= 11 is 0. The van der Waals surface area contributed by atoms with Gasteiger partial charge < -0.3 is 5.73 Å². The molecule has 2 N–H and O–H groups in total. The van der Waals surface area contributed by atoms with Crippen LogP contribution in [-0.2, 0) is 12.7 Å². The highest BCUT2D eigenvalue weighted by atomic mass is 19.4. The zero-order valence-corrected chi connectivity index (χ0v) is 12.3. The average molecular weight is 359 g/mol. The molecule has 3 aromatic heterocycles. The number of nitrogens with two attached hydrogens (primary N) is 1. The van der Waals surface area contributed by atoms with Crippen LogP contribution in [0.1, 0.15) is 5.69 Å². The first-order valence-corrected chi connectivity index (χ1v) is 6.82. The molecule has 0 radical (unpaired) electrons. The normalized spacial score (nSPS) is 12.1. The largest absolute Gasteiger partial charge is 0.435 e. The number of nitrogen functional groups attached to an aromatic ring is 1. The zero-order valence-electron chi connectivity index (χ0n) is 12.3. The van der Waals surface area contributed by atoms with Gasteiger partial charge in [-0.2, -0.15) is 28.1 Å². The highest BCUT2D eigenvalue weighted by Crippen LogP contribution is 2.39. The third-order valence-electron chi connectivity index (χ3n) is 3.15. The Morgan fingerprint density at radius 2 is 1.80 bits per heavy atom. The second kappa shape index (κ2) is 6.11. The van der Waals surface area contributed by atoms with Gasteiger partial charge in [0.05, 0.1) is 11.3 Å². The maximum atomic E-state index is 13.3. The molecule has 12 heteroatoms. The van der Waals surface area contributed by atoms with E-state index < -0.39 is 36.2 Å². The van der Waals surface area contributed by atoms with Gasteiger partial charge in [-0.1, -0.05) is 0 Å². The average Bonchev–Trinajstić information content (AvgIpc) is 3.11. The van der Waals surface area contributed by atoms with Crippen LogP contribution in [0.2, 0.25) is 0 Å². The van der Waals surface area contributed by atoms with E-state index in [1.165, 1.54) is 18.5 Å². The molecule has 0 aromatic carbocycles. The summed E-state index contributed by atoms with van der Waals surface area (Å²) in [5, 5.41) is 7.17. The molecule has 3 rings (SSSR count). The molecule has 0 fully saturated rings. The van der Waals surface area contributed by atoms with Crippen LogP contribution >= 0.6 is 0 Å². The van der Waals surface area contributed by atoms with Gasteiger partial charge in [0.2, 0.25) is 0 Å². The molecule has 0 aliphatic heterocycles. The Bertz CT molecular complexity index is 869. The molecule has 25 heavy (non-hydrogen) atoms. The van der Waals surface area contributed by atoms with Crippen LogP contribution in [-0.4, -0.2) is 36.0 Å². The van der Waals surface area contributed by atoms with E-state index in [0.29, 0.717) is 0 Å². The smallest absolute Gasteiger partial charge is 0.383 e. The van der Waals surface area contributed by atoms with Gasteiger partial charge in [0.15, 0.2) is 5.69 Å². The molecule has 0 saturated heterocycles. The third kappa shape index (κ3) is 3.27. The quantitative estimate of drug-likeness (QED) is 0.723. The van der Waals surface area contributed by atoms with Gasteiger partial charge in [0.25, 0.3) is 12.4 Å². The Kier molecular flexibility index (Phi) is 4.10. The minimum atomic E-state index is -4.84. The second-order valence-corrected chi connectivity index (χ2v) is 4.88. The van der Waals surface area contributed by atoms with Crippen molar-refractivity contribution in [1.82, 2.24) is 29.5 Å². The summed E-state index contributed by atoms with van der Waals surface area (Å²) in [5.41, 5.74) is 3.74. The van der Waals surface area contributed by atoms with Crippen LogP contribution in [0.3, 0.4) is 0 Å². The number of hydrogen-bond donors (Lipinski definition) is 1. The molecule has 132 valence electrons. The molecule has 0 spiro atoms. The molecular formula is C13H10F5N7. The third-order valence-corrected chi connectivity index (χ3v) is 3.15. The van der Waals surface area contributed by atoms with Crippen molar-refractivity contribution in [1.29, 1.82) is 0 Å². The van der Waals surface area contributed by atoms with Crippen molar-refractivity contribution in [3.63, 3.8) is 0 Å². The van der Waals surface area contributed by atoms with Gasteiger partial charge >= 0.3 is 6.18 Å². The van der Waals surface area contributed by atoms with Crippen LogP contribution in [0.4, 0.5) is 27.8 Å². The van der Waals surface area contributed by atoms with E-state index in [2.05, 4.69) is 20.2 Å². The molecule has 3 heterocycles. The summed E-state index contributed by atoms with van der Waals surface area (Å²) in [4.78, 5) is 7.60. The summed E-state index contributed by atoms with van der Waals surface area (Å²) in [5.74, 6) is -0.565. The van der Waals surface area contributed by atoms with E-state index in [-0.39, 0.29) is 11.6 Å². The number of aromatic nitrogens is 6. The fourth-order valence-electron chi connectivity index (χ4n) is 2.17. The highest BCUT2D eigenvalue weighted by Gasteiger charge is 2.40. The van der Waals surface area contributed by atoms with Crippen molar-refractivity contribution in [2.45, 2.75) is 19.1 Å². The van der Waals surface area contributed by atoms with Crippen LogP contribution in [0, 0.1) is 0 Å². The van der Waals surface area contributed by atoms with Gasteiger partial charge in [0.1, 0.15) is 12.4 Å². The predicted octanol–water partition coefficient (Wildman–Crippen LogP) is 2.39. The molecule has 0 unspecified atom stereocenters. The number of nitrogens with zero attached hydrogens (tertiary/aromatic N) is 6. The number of alkyl halides is 5. The molecule has 0 aliphatic rings. The van der Waals surface area contributed by atoms with E-state index in [4.69, 9.17) is 5.73 Å². The Labute approximate surface area is 136 Å². The number of halogens is 5. The van der Waals surface area contributed by atoms with Crippen LogP contribution in [0.5, 0.6) is 0 Å². The SMILES string of the molecule is Nc1c(-c2ccn(CC(F)F)n2)c(C(F)(F)F)nn1-c1ncccn1. The minimum absolute atomic E-state index is 0.163. The fraction of sp³-hybridized carbons (Fsp3) is 0.231. The Morgan fingerprint density at radius 1 is 1.12 bits per heavy atom. The summed E-state index contributed by atoms with van der Waals surface area (Å²) in [6, 6.07) is 2.63. The topological polar surface area (TPSA) is 87.4 Å². The van der Waals surface area contributed by atoms with Crippen molar-refractivity contribution in [3.8, 4) is 17.2 Å². The van der Waals surface area contributed by atoms with Gasteiger partial charge in [-0.15, -0.1) is 0 Å². The van der Waals surface area contributed by atoms with Crippen molar-refractivity contribution in [3.05, 3.63) is 36.4 Å². The van der Waals surface area contributed by atoms with Gasteiger partial charge in [-0.25, -0.2) is 18.7 Å². The lowest BCUT2D eigenvalue weighted by Crippen LogP contribution is -2.10. The fourth-order valence-corrected chi connectivity index (χ4v) is 2.17. The molecule has 3 aromatic rings. The minimum Gasteiger partial charge on any atom is -0.383 e. The van der Waals surface area contributed by atoms with Crippen molar-refractivity contribution < 1.29 is 22.0 Å². The molecule has 0 aliphatic carbocycles. The van der Waals surface area contributed by atoms with Gasteiger partial charge in [-0.3, -0.25) is 4.68 Å². The van der Waals surface area contributed by atoms with Crippen LogP contribution in [0.15, 0.2) is 30.7 Å². The standard InChI is InChI=1S/C13H10F5N7/c14-8(15)6-24-5-2-7(22-24)9-10(13(16,17)18)23-25(11(9)19)12-20-3-1-4-21-12/h1-5,8H,6,19H2. The van der Waals surface area contributed by atoms with Crippen molar-refractivity contribution in [2.75, 3.05) is 5.73 Å². The first-order valence-electron chi connectivity index (χ1n) is 6.82. The molecule has 7 nitrogen and oxygen atoms in total. The van der Waals surface area contributed by atoms with E-state index in [0.717, 1.165) is 21.6 Å². The monoisotopic (exact) mass is 359 g/mol. The molecule has 0 atom stereocenters. The van der Waals surface area contributed by atoms with E-state index in [1.54, 1.807) is 0 Å². The molecule has 0 saturated carbocycles. The molecule has 0 amide bonds.